The molecule has 0 amide bonds. The molecule has 0 saturated carbocycles. The summed E-state index contributed by atoms with van der Waals surface area (Å²) in [6.07, 6.45) is 3.96. The third-order valence-electron chi connectivity index (χ3n) is 5.45. The van der Waals surface area contributed by atoms with Crippen LogP contribution in [-0.2, 0) is 6.54 Å². The summed E-state index contributed by atoms with van der Waals surface area (Å²) in [5, 5.41) is 0.373. The van der Waals surface area contributed by atoms with Crippen molar-refractivity contribution in [2.45, 2.75) is 52.1 Å². The zero-order chi connectivity index (χ0) is 19.4. The molecule has 0 spiro atoms. The lowest BCUT2D eigenvalue weighted by Crippen LogP contribution is -2.37. The van der Waals surface area contributed by atoms with Gasteiger partial charge in [-0.05, 0) is 51.1 Å². The summed E-state index contributed by atoms with van der Waals surface area (Å²) >= 11 is 0. The minimum Gasteiger partial charge on any atom is -0.305 e. The normalized spacial score (nSPS) is 17.9. The summed E-state index contributed by atoms with van der Waals surface area (Å²) in [5.41, 5.74) is 0.473. The van der Waals surface area contributed by atoms with E-state index in [4.69, 9.17) is 4.98 Å². The van der Waals surface area contributed by atoms with Crippen LogP contribution in [0.5, 0.6) is 0 Å². The highest BCUT2D eigenvalue weighted by atomic mass is 19.1. The van der Waals surface area contributed by atoms with Crippen molar-refractivity contribution in [1.82, 2.24) is 19.4 Å². The van der Waals surface area contributed by atoms with Crippen LogP contribution >= 0.6 is 0 Å². The zero-order valence-corrected chi connectivity index (χ0v) is 16.7. The van der Waals surface area contributed by atoms with Crippen LogP contribution in [0.3, 0.4) is 0 Å². The molecule has 6 heteroatoms. The quantitative estimate of drug-likeness (QED) is 0.777. The van der Waals surface area contributed by atoms with Gasteiger partial charge in [-0.2, -0.15) is 0 Å². The summed E-state index contributed by atoms with van der Waals surface area (Å²) in [5.74, 6) is 0.449. The summed E-state index contributed by atoms with van der Waals surface area (Å²) in [4.78, 5) is 22.9. The number of benzene rings is 1. The Morgan fingerprint density at radius 1 is 1.15 bits per heavy atom. The Morgan fingerprint density at radius 3 is 2.70 bits per heavy atom. The van der Waals surface area contributed by atoms with Crippen LogP contribution in [0.25, 0.3) is 10.9 Å². The van der Waals surface area contributed by atoms with Gasteiger partial charge in [-0.25, -0.2) is 9.37 Å². The molecule has 1 aliphatic rings. The Kier molecular flexibility index (Phi) is 6.60. The standard InChI is InChI=1S/C21H31FN4O/c1-4-7-19(25-12-6-11-24(3)13-14-25)20-23-18-9-8-16(22)15-17(18)21(27)26(20)10-5-2/h8-9,15,19H,4-7,10-14H2,1-3H3/t19-/m1/s1. The van der Waals surface area contributed by atoms with Gasteiger partial charge >= 0.3 is 0 Å². The first-order chi connectivity index (χ1) is 13.0. The molecule has 1 aliphatic heterocycles. The fourth-order valence-electron chi connectivity index (χ4n) is 4.03. The maximum absolute atomic E-state index is 13.7. The summed E-state index contributed by atoms with van der Waals surface area (Å²) in [6.45, 7) is 8.96. The lowest BCUT2D eigenvalue weighted by Gasteiger charge is -2.31. The molecule has 1 fully saturated rings. The van der Waals surface area contributed by atoms with E-state index in [0.717, 1.165) is 57.7 Å². The Hall–Kier alpha value is -1.79. The van der Waals surface area contributed by atoms with Gasteiger partial charge in [0, 0.05) is 26.2 Å². The van der Waals surface area contributed by atoms with Crippen molar-refractivity contribution in [2.24, 2.45) is 0 Å². The largest absolute Gasteiger partial charge is 0.305 e. The first kappa shape index (κ1) is 20.0. The van der Waals surface area contributed by atoms with E-state index in [1.165, 1.54) is 12.1 Å². The second-order valence-electron chi connectivity index (χ2n) is 7.59. The van der Waals surface area contributed by atoms with Gasteiger partial charge in [0.1, 0.15) is 11.6 Å². The third-order valence-corrected chi connectivity index (χ3v) is 5.45. The highest BCUT2D eigenvalue weighted by Crippen LogP contribution is 2.26. The van der Waals surface area contributed by atoms with Gasteiger partial charge in [0.25, 0.3) is 5.56 Å². The SMILES string of the molecule is CCC[C@H](c1nc2ccc(F)cc2c(=O)n1CCC)N1CCCN(C)CC1. The predicted octanol–water partition coefficient (Wildman–Crippen LogP) is 3.42. The van der Waals surface area contributed by atoms with Crippen molar-refractivity contribution >= 4 is 10.9 Å². The molecule has 2 heterocycles. The average molecular weight is 375 g/mol. The number of halogens is 1. The maximum Gasteiger partial charge on any atom is 0.261 e. The summed E-state index contributed by atoms with van der Waals surface area (Å²) in [7, 11) is 2.16. The van der Waals surface area contributed by atoms with Crippen molar-refractivity contribution in [2.75, 3.05) is 33.2 Å². The molecule has 0 bridgehead atoms. The molecule has 0 unspecified atom stereocenters. The average Bonchev–Trinajstić information content (AvgIpc) is 2.87. The molecule has 2 aromatic rings. The van der Waals surface area contributed by atoms with Crippen LogP contribution in [0, 0.1) is 5.82 Å². The number of hydrogen-bond donors (Lipinski definition) is 0. The van der Waals surface area contributed by atoms with E-state index in [2.05, 4.69) is 30.7 Å². The van der Waals surface area contributed by atoms with Crippen LogP contribution in [0.15, 0.2) is 23.0 Å². The van der Waals surface area contributed by atoms with Crippen LogP contribution in [0.2, 0.25) is 0 Å². The van der Waals surface area contributed by atoms with Crippen molar-refractivity contribution in [3.8, 4) is 0 Å². The molecule has 1 atom stereocenters. The summed E-state index contributed by atoms with van der Waals surface area (Å²) in [6, 6.07) is 4.45. The van der Waals surface area contributed by atoms with Gasteiger partial charge < -0.3 is 4.90 Å². The maximum atomic E-state index is 13.7. The lowest BCUT2D eigenvalue weighted by molar-refractivity contribution is 0.179. The molecule has 148 valence electrons. The molecule has 1 aromatic carbocycles. The Labute approximate surface area is 160 Å². The summed E-state index contributed by atoms with van der Waals surface area (Å²) < 4.78 is 15.5. The van der Waals surface area contributed by atoms with Crippen LogP contribution in [0.4, 0.5) is 4.39 Å². The fraction of sp³-hybridized carbons (Fsp3) is 0.619. The van der Waals surface area contributed by atoms with Crippen LogP contribution < -0.4 is 5.56 Å². The first-order valence-corrected chi connectivity index (χ1v) is 10.2. The highest BCUT2D eigenvalue weighted by Gasteiger charge is 2.26. The van der Waals surface area contributed by atoms with Gasteiger partial charge in [-0.15, -0.1) is 0 Å². The molecule has 0 N–H and O–H groups in total. The monoisotopic (exact) mass is 374 g/mol. The fourth-order valence-corrected chi connectivity index (χ4v) is 4.03. The Morgan fingerprint density at radius 2 is 1.96 bits per heavy atom. The van der Waals surface area contributed by atoms with Crippen molar-refractivity contribution < 1.29 is 4.39 Å². The van der Waals surface area contributed by atoms with Crippen molar-refractivity contribution in [1.29, 1.82) is 0 Å². The van der Waals surface area contributed by atoms with E-state index in [1.807, 2.05) is 0 Å². The number of likely N-dealkylation sites (N-methyl/N-ethyl adjacent to an activating group) is 1. The topological polar surface area (TPSA) is 41.4 Å². The van der Waals surface area contributed by atoms with E-state index >= 15 is 0 Å². The number of rotatable bonds is 6. The Balaban J connectivity index is 2.11. The molecule has 1 saturated heterocycles. The smallest absolute Gasteiger partial charge is 0.261 e. The zero-order valence-electron chi connectivity index (χ0n) is 16.7. The van der Waals surface area contributed by atoms with E-state index in [-0.39, 0.29) is 11.6 Å². The van der Waals surface area contributed by atoms with Gasteiger partial charge in [-0.3, -0.25) is 14.3 Å². The minimum atomic E-state index is -0.391. The number of aromatic nitrogens is 2. The van der Waals surface area contributed by atoms with Crippen LogP contribution in [-0.4, -0.2) is 52.6 Å². The van der Waals surface area contributed by atoms with E-state index in [0.29, 0.717) is 17.4 Å². The van der Waals surface area contributed by atoms with E-state index in [1.54, 1.807) is 10.6 Å². The van der Waals surface area contributed by atoms with Crippen molar-refractivity contribution in [3.05, 3.63) is 40.2 Å². The molecular weight excluding hydrogens is 343 g/mol. The molecule has 0 aliphatic carbocycles. The van der Waals surface area contributed by atoms with E-state index < -0.39 is 5.82 Å². The van der Waals surface area contributed by atoms with Gasteiger partial charge in [0.05, 0.1) is 16.9 Å². The number of nitrogens with zero attached hydrogens (tertiary/aromatic N) is 4. The molecule has 3 rings (SSSR count). The van der Waals surface area contributed by atoms with Gasteiger partial charge in [0.15, 0.2) is 0 Å². The lowest BCUT2D eigenvalue weighted by atomic mass is 10.1. The molecule has 27 heavy (non-hydrogen) atoms. The molecular formula is C21H31FN4O. The van der Waals surface area contributed by atoms with E-state index in [9.17, 15) is 9.18 Å². The van der Waals surface area contributed by atoms with Gasteiger partial charge in [0.2, 0.25) is 0 Å². The minimum absolute atomic E-state index is 0.121. The second kappa shape index (κ2) is 8.93. The third kappa shape index (κ3) is 4.38. The number of hydrogen-bond acceptors (Lipinski definition) is 4. The number of fused-ring (bicyclic) bond motifs is 1. The Bertz CT molecular complexity index is 835. The molecule has 0 radical (unpaired) electrons. The predicted molar refractivity (Wildman–Crippen MR) is 108 cm³/mol. The molecule has 1 aromatic heterocycles. The van der Waals surface area contributed by atoms with Gasteiger partial charge in [-0.1, -0.05) is 20.3 Å². The highest BCUT2D eigenvalue weighted by molar-refractivity contribution is 5.77. The van der Waals surface area contributed by atoms with Crippen LogP contribution in [0.1, 0.15) is 51.4 Å². The van der Waals surface area contributed by atoms with Crippen molar-refractivity contribution in [3.63, 3.8) is 0 Å². The second-order valence-corrected chi connectivity index (χ2v) is 7.59. The molecule has 5 nitrogen and oxygen atoms in total. The first-order valence-electron chi connectivity index (χ1n) is 10.2.